The predicted octanol–water partition coefficient (Wildman–Crippen LogP) is 4.59. The highest BCUT2D eigenvalue weighted by atomic mass is 35.5. The first kappa shape index (κ1) is 25.5. The summed E-state index contributed by atoms with van der Waals surface area (Å²) in [5.74, 6) is 0. The number of hydrogen-bond acceptors (Lipinski definition) is 5. The zero-order chi connectivity index (χ0) is 24.0. The lowest BCUT2D eigenvalue weighted by Crippen LogP contribution is -2.50. The van der Waals surface area contributed by atoms with Crippen LogP contribution in [0.4, 0.5) is 10.5 Å². The Hall–Kier alpha value is -2.71. The standard InChI is InChI=1S/C23H32ClN5O3/c1-7-21(18-12-20(29(31)32)14-25-13-18)22(24)16(3)15(2)17(4)26-23(30)28(6)19-8-10-27(5)11-9-19/h7,12-14,17,19H,2,8-11H2,1,3-6H3,(H,26,30)/b21-7-,22-16+. The lowest BCUT2D eigenvalue weighted by molar-refractivity contribution is -0.385. The normalized spacial score (nSPS) is 17.4. The summed E-state index contributed by atoms with van der Waals surface area (Å²) in [5.41, 5.74) is 2.40. The average molecular weight is 462 g/mol. The summed E-state index contributed by atoms with van der Waals surface area (Å²) in [4.78, 5) is 31.4. The number of rotatable bonds is 7. The predicted molar refractivity (Wildman–Crippen MR) is 129 cm³/mol. The van der Waals surface area contributed by atoms with Crippen molar-refractivity contribution in [1.82, 2.24) is 20.1 Å². The fourth-order valence-corrected chi connectivity index (χ4v) is 4.02. The van der Waals surface area contributed by atoms with Crippen molar-refractivity contribution in [3.63, 3.8) is 0 Å². The topological polar surface area (TPSA) is 91.6 Å². The maximum Gasteiger partial charge on any atom is 0.317 e. The maximum absolute atomic E-state index is 12.8. The summed E-state index contributed by atoms with van der Waals surface area (Å²) in [6, 6.07) is 1.16. The van der Waals surface area contributed by atoms with Gasteiger partial charge in [-0.15, -0.1) is 0 Å². The fraction of sp³-hybridized carbons (Fsp3) is 0.478. The fourth-order valence-electron chi connectivity index (χ4n) is 3.68. The van der Waals surface area contributed by atoms with Gasteiger partial charge in [0, 0.05) is 30.9 Å². The van der Waals surface area contributed by atoms with Crippen molar-refractivity contribution in [2.24, 2.45) is 0 Å². The molecule has 1 aromatic rings. The molecule has 1 saturated heterocycles. The Labute approximate surface area is 194 Å². The van der Waals surface area contributed by atoms with Gasteiger partial charge in [-0.1, -0.05) is 24.3 Å². The lowest BCUT2D eigenvalue weighted by atomic mass is 9.97. The van der Waals surface area contributed by atoms with Crippen molar-refractivity contribution in [2.45, 2.75) is 45.7 Å². The lowest BCUT2D eigenvalue weighted by Gasteiger charge is -2.35. The molecule has 1 atom stereocenters. The van der Waals surface area contributed by atoms with Gasteiger partial charge in [0.1, 0.15) is 6.20 Å². The van der Waals surface area contributed by atoms with Gasteiger partial charge in [-0.05, 0) is 70.5 Å². The van der Waals surface area contributed by atoms with Gasteiger partial charge in [0.25, 0.3) is 5.69 Å². The minimum atomic E-state index is -0.494. The summed E-state index contributed by atoms with van der Waals surface area (Å²) in [6.45, 7) is 11.6. The van der Waals surface area contributed by atoms with Crippen LogP contribution < -0.4 is 5.32 Å². The Kier molecular flexibility index (Phi) is 8.98. The number of piperidine rings is 1. The minimum Gasteiger partial charge on any atom is -0.331 e. The molecule has 1 aromatic heterocycles. The summed E-state index contributed by atoms with van der Waals surface area (Å²) >= 11 is 6.66. The quantitative estimate of drug-likeness (QED) is 0.364. The highest BCUT2D eigenvalue weighted by molar-refractivity contribution is 6.37. The van der Waals surface area contributed by atoms with Crippen LogP contribution in [0.1, 0.15) is 39.2 Å². The molecular formula is C23H32ClN5O3. The van der Waals surface area contributed by atoms with E-state index in [1.807, 2.05) is 20.9 Å². The van der Waals surface area contributed by atoms with E-state index >= 15 is 0 Å². The van der Waals surface area contributed by atoms with Crippen LogP contribution in [0.2, 0.25) is 0 Å². The molecule has 8 nitrogen and oxygen atoms in total. The van der Waals surface area contributed by atoms with Crippen LogP contribution in [0.3, 0.4) is 0 Å². The van der Waals surface area contributed by atoms with Crippen molar-refractivity contribution in [1.29, 1.82) is 0 Å². The summed E-state index contributed by atoms with van der Waals surface area (Å²) in [6.07, 6.45) is 6.39. The van der Waals surface area contributed by atoms with Crippen LogP contribution in [0.5, 0.6) is 0 Å². The van der Waals surface area contributed by atoms with Crippen LogP contribution in [0, 0.1) is 10.1 Å². The van der Waals surface area contributed by atoms with Gasteiger partial charge >= 0.3 is 6.03 Å². The molecule has 0 spiro atoms. The number of nitrogens with one attached hydrogen (secondary N) is 1. The monoisotopic (exact) mass is 461 g/mol. The van der Waals surface area contributed by atoms with E-state index < -0.39 is 4.92 Å². The largest absolute Gasteiger partial charge is 0.331 e. The molecule has 1 N–H and O–H groups in total. The number of pyridine rings is 1. The van der Waals surface area contributed by atoms with E-state index in [1.54, 1.807) is 17.9 Å². The van der Waals surface area contributed by atoms with E-state index in [1.165, 1.54) is 18.5 Å². The van der Waals surface area contributed by atoms with Crippen LogP contribution in [0.15, 0.2) is 47.3 Å². The number of urea groups is 1. The number of nitrogens with zero attached hydrogens (tertiary/aromatic N) is 4. The molecule has 1 fully saturated rings. The SMILES string of the molecule is C=C(/C(C)=C(Cl)\C(=C/C)c1cncc([N+](=O)[O-])c1)C(C)NC(=O)N(C)C1CCN(C)CC1. The first-order chi connectivity index (χ1) is 15.1. The van der Waals surface area contributed by atoms with Crippen molar-refractivity contribution in [3.05, 3.63) is 63.0 Å². The van der Waals surface area contributed by atoms with Gasteiger partial charge in [-0.2, -0.15) is 0 Å². The number of aromatic nitrogens is 1. The molecule has 1 aliphatic heterocycles. The van der Waals surface area contributed by atoms with Gasteiger partial charge in [-0.25, -0.2) is 4.79 Å². The number of allylic oxidation sites excluding steroid dienone is 3. The molecule has 0 saturated carbocycles. The Morgan fingerprint density at radius 1 is 1.44 bits per heavy atom. The van der Waals surface area contributed by atoms with E-state index in [0.717, 1.165) is 25.9 Å². The van der Waals surface area contributed by atoms with Gasteiger partial charge < -0.3 is 15.1 Å². The third kappa shape index (κ3) is 6.17. The van der Waals surface area contributed by atoms with Crippen molar-refractivity contribution >= 4 is 28.9 Å². The molecule has 2 amide bonds. The molecule has 1 unspecified atom stereocenters. The number of carbonyl (C=O) groups is 1. The molecule has 0 bridgehead atoms. The molecule has 2 heterocycles. The smallest absolute Gasteiger partial charge is 0.317 e. The second kappa shape index (κ2) is 11.2. The van der Waals surface area contributed by atoms with Gasteiger partial charge in [0.05, 0.1) is 16.0 Å². The molecule has 0 aromatic carbocycles. The van der Waals surface area contributed by atoms with Crippen LogP contribution >= 0.6 is 11.6 Å². The zero-order valence-electron chi connectivity index (χ0n) is 19.4. The molecular weight excluding hydrogens is 430 g/mol. The highest BCUT2D eigenvalue weighted by Gasteiger charge is 2.25. The number of nitro groups is 1. The molecule has 174 valence electrons. The Bertz CT molecular complexity index is 935. The molecule has 2 rings (SSSR count). The molecule has 9 heteroatoms. The van der Waals surface area contributed by atoms with E-state index in [4.69, 9.17) is 11.6 Å². The molecule has 32 heavy (non-hydrogen) atoms. The summed E-state index contributed by atoms with van der Waals surface area (Å²) in [7, 11) is 3.91. The van der Waals surface area contributed by atoms with Crippen molar-refractivity contribution in [2.75, 3.05) is 27.2 Å². The minimum absolute atomic E-state index is 0.111. The van der Waals surface area contributed by atoms with Crippen LogP contribution in [-0.4, -0.2) is 65.0 Å². The first-order valence-electron chi connectivity index (χ1n) is 10.6. The van der Waals surface area contributed by atoms with Crippen LogP contribution in [0.25, 0.3) is 5.57 Å². The zero-order valence-corrected chi connectivity index (χ0v) is 20.1. The van der Waals surface area contributed by atoms with Crippen molar-refractivity contribution in [3.8, 4) is 0 Å². The van der Waals surface area contributed by atoms with E-state index in [9.17, 15) is 14.9 Å². The highest BCUT2D eigenvalue weighted by Crippen LogP contribution is 2.32. The van der Waals surface area contributed by atoms with Crippen LogP contribution in [-0.2, 0) is 0 Å². The number of amides is 2. The van der Waals surface area contributed by atoms with E-state index in [-0.39, 0.29) is 23.8 Å². The second-order valence-corrected chi connectivity index (χ2v) is 8.55. The summed E-state index contributed by atoms with van der Waals surface area (Å²) < 4.78 is 0. The van der Waals surface area contributed by atoms with E-state index in [0.29, 0.717) is 27.3 Å². The number of hydrogen-bond donors (Lipinski definition) is 1. The number of halogens is 1. The maximum atomic E-state index is 12.8. The second-order valence-electron chi connectivity index (χ2n) is 8.17. The summed E-state index contributed by atoms with van der Waals surface area (Å²) in [5, 5.41) is 14.5. The third-order valence-electron chi connectivity index (χ3n) is 6.00. The van der Waals surface area contributed by atoms with Gasteiger partial charge in [-0.3, -0.25) is 15.1 Å². The van der Waals surface area contributed by atoms with Gasteiger partial charge in [0.2, 0.25) is 0 Å². The Balaban J connectivity index is 2.13. The average Bonchev–Trinajstić information content (AvgIpc) is 2.78. The number of likely N-dealkylation sites (tertiary alicyclic amines) is 1. The molecule has 0 radical (unpaired) electrons. The third-order valence-corrected chi connectivity index (χ3v) is 6.49. The van der Waals surface area contributed by atoms with Gasteiger partial charge in [0.15, 0.2) is 0 Å². The first-order valence-corrected chi connectivity index (χ1v) is 11.0. The van der Waals surface area contributed by atoms with Crippen molar-refractivity contribution < 1.29 is 9.72 Å². The Morgan fingerprint density at radius 3 is 2.62 bits per heavy atom. The molecule has 1 aliphatic rings. The molecule has 0 aliphatic carbocycles. The van der Waals surface area contributed by atoms with E-state index in [2.05, 4.69) is 28.8 Å². The Morgan fingerprint density at radius 2 is 2.06 bits per heavy atom. The number of carbonyl (C=O) groups excluding carboxylic acids is 1.